The number of thiophene rings is 1. The van der Waals surface area contributed by atoms with Crippen molar-refractivity contribution >= 4 is 21.4 Å². The summed E-state index contributed by atoms with van der Waals surface area (Å²) in [6.45, 7) is 2.15. The first-order valence-electron chi connectivity index (χ1n) is 8.66. The number of methoxy groups -OCH3 is 1. The molecule has 1 heterocycles. The van der Waals surface area contributed by atoms with E-state index in [9.17, 15) is 8.78 Å². The van der Waals surface area contributed by atoms with E-state index in [2.05, 4.69) is 6.92 Å². The zero-order valence-electron chi connectivity index (χ0n) is 14.2. The lowest BCUT2D eigenvalue weighted by molar-refractivity contribution is -0.222. The molecule has 3 rings (SSSR count). The maximum absolute atomic E-state index is 14.5. The number of hydrogen-bond acceptors (Lipinski definition) is 3. The van der Waals surface area contributed by atoms with Gasteiger partial charge in [0.25, 0.3) is 0 Å². The third kappa shape index (κ3) is 3.82. The first-order valence-corrected chi connectivity index (χ1v) is 9.48. The molecule has 1 saturated carbocycles. The summed E-state index contributed by atoms with van der Waals surface area (Å²) in [5.74, 6) is 0.654. The van der Waals surface area contributed by atoms with Gasteiger partial charge in [0.2, 0.25) is 0 Å². The summed E-state index contributed by atoms with van der Waals surface area (Å²) in [5.41, 5.74) is 0. The molecule has 1 aromatic heterocycles. The Morgan fingerprint density at radius 2 is 1.92 bits per heavy atom. The molecular weight excluding hydrogens is 330 g/mol. The molecule has 132 valence electrons. The van der Waals surface area contributed by atoms with E-state index in [1.165, 1.54) is 11.3 Å². The Morgan fingerprint density at radius 1 is 1.17 bits per heavy atom. The largest absolute Gasteiger partial charge is 0.497 e. The average molecular weight is 354 g/mol. The van der Waals surface area contributed by atoms with E-state index >= 15 is 0 Å². The number of ether oxygens (including phenoxy) is 2. The van der Waals surface area contributed by atoms with Crippen molar-refractivity contribution in [1.29, 1.82) is 0 Å². The Hall–Kier alpha value is -1.36. The molecule has 0 radical (unpaired) electrons. The highest BCUT2D eigenvalue weighted by Crippen LogP contribution is 2.43. The molecular formula is C19H24F2O2S. The lowest BCUT2D eigenvalue weighted by Gasteiger charge is -2.32. The van der Waals surface area contributed by atoms with Crippen LogP contribution in [0, 0.1) is 11.8 Å². The van der Waals surface area contributed by atoms with Crippen LogP contribution >= 0.6 is 11.3 Å². The van der Waals surface area contributed by atoms with Crippen LogP contribution in [0.1, 0.15) is 45.4 Å². The van der Waals surface area contributed by atoms with Gasteiger partial charge in [-0.2, -0.15) is 8.78 Å². The minimum Gasteiger partial charge on any atom is -0.497 e. The lowest BCUT2D eigenvalue weighted by Crippen LogP contribution is -2.37. The number of fused-ring (bicyclic) bond motifs is 1. The molecule has 1 fully saturated rings. The maximum atomic E-state index is 14.5. The van der Waals surface area contributed by atoms with Crippen LogP contribution in [-0.4, -0.2) is 13.2 Å². The summed E-state index contributed by atoms with van der Waals surface area (Å²) < 4.78 is 40.3. The fourth-order valence-corrected chi connectivity index (χ4v) is 4.55. The van der Waals surface area contributed by atoms with Crippen molar-refractivity contribution in [2.75, 3.05) is 7.11 Å². The van der Waals surface area contributed by atoms with E-state index in [1.807, 2.05) is 18.2 Å². The number of rotatable bonds is 6. The molecule has 0 amide bonds. The fourth-order valence-electron chi connectivity index (χ4n) is 3.58. The zero-order valence-corrected chi connectivity index (χ0v) is 15.0. The van der Waals surface area contributed by atoms with Gasteiger partial charge < -0.3 is 9.47 Å². The Labute approximate surface area is 145 Å². The highest BCUT2D eigenvalue weighted by atomic mass is 32.1. The van der Waals surface area contributed by atoms with Gasteiger partial charge in [0.05, 0.1) is 13.0 Å². The summed E-state index contributed by atoms with van der Waals surface area (Å²) in [6, 6.07) is 7.23. The topological polar surface area (TPSA) is 18.5 Å². The molecule has 2 nitrogen and oxygen atoms in total. The molecule has 0 spiro atoms. The molecule has 0 saturated heterocycles. The van der Waals surface area contributed by atoms with Crippen LogP contribution in [-0.2, 0) is 0 Å². The van der Waals surface area contributed by atoms with Crippen molar-refractivity contribution in [2.45, 2.75) is 51.6 Å². The van der Waals surface area contributed by atoms with Crippen LogP contribution in [0.25, 0.3) is 10.1 Å². The number of hydrogen-bond donors (Lipinski definition) is 0. The van der Waals surface area contributed by atoms with Crippen molar-refractivity contribution in [3.8, 4) is 10.8 Å². The van der Waals surface area contributed by atoms with Crippen LogP contribution in [0.5, 0.6) is 10.8 Å². The second-order valence-electron chi connectivity index (χ2n) is 6.64. The zero-order chi connectivity index (χ0) is 17.2. The quantitative estimate of drug-likeness (QED) is 0.590. The van der Waals surface area contributed by atoms with E-state index in [0.717, 1.165) is 41.5 Å². The minimum atomic E-state index is -3.10. The minimum absolute atomic E-state index is 0.277. The monoisotopic (exact) mass is 354 g/mol. The average Bonchev–Trinajstić information content (AvgIpc) is 2.96. The van der Waals surface area contributed by atoms with Crippen LogP contribution in [0.4, 0.5) is 8.78 Å². The van der Waals surface area contributed by atoms with Gasteiger partial charge in [0.15, 0.2) is 5.06 Å². The van der Waals surface area contributed by atoms with E-state index in [0.29, 0.717) is 18.8 Å². The molecule has 0 atom stereocenters. The van der Waals surface area contributed by atoms with Crippen molar-refractivity contribution < 1.29 is 18.3 Å². The Balaban J connectivity index is 1.68. The van der Waals surface area contributed by atoms with E-state index < -0.39 is 12.0 Å². The van der Waals surface area contributed by atoms with Crippen molar-refractivity contribution in [1.82, 2.24) is 0 Å². The van der Waals surface area contributed by atoms with Gasteiger partial charge in [-0.3, -0.25) is 0 Å². The third-order valence-corrected chi connectivity index (χ3v) is 5.94. The smallest absolute Gasteiger partial charge is 0.401 e. The highest BCUT2D eigenvalue weighted by Gasteiger charge is 2.44. The molecule has 0 aliphatic heterocycles. The van der Waals surface area contributed by atoms with Gasteiger partial charge in [-0.1, -0.05) is 31.1 Å². The van der Waals surface area contributed by atoms with Crippen LogP contribution in [0.2, 0.25) is 0 Å². The standard InChI is InChI=1S/C19H24F2O2S/c1-3-4-13-5-8-15(9-6-13)19(20,21)23-18-11-14-7-10-16(22-2)12-17(14)24-18/h7,10-13,15H,3-6,8-9H2,1-2H3. The fraction of sp³-hybridized carbons (Fsp3) is 0.579. The first kappa shape index (κ1) is 17.5. The summed E-state index contributed by atoms with van der Waals surface area (Å²) >= 11 is 1.24. The highest BCUT2D eigenvalue weighted by molar-refractivity contribution is 7.20. The van der Waals surface area contributed by atoms with Gasteiger partial charge >= 0.3 is 6.11 Å². The van der Waals surface area contributed by atoms with Gasteiger partial charge in [-0.05, 0) is 61.3 Å². The Bertz CT molecular complexity index is 675. The van der Waals surface area contributed by atoms with Crippen molar-refractivity contribution in [3.05, 3.63) is 24.3 Å². The number of benzene rings is 1. The van der Waals surface area contributed by atoms with Crippen molar-refractivity contribution in [3.63, 3.8) is 0 Å². The number of alkyl halides is 2. The molecule has 2 aromatic rings. The summed E-state index contributed by atoms with van der Waals surface area (Å²) in [7, 11) is 1.59. The van der Waals surface area contributed by atoms with Crippen molar-refractivity contribution in [2.24, 2.45) is 11.8 Å². The maximum Gasteiger partial charge on any atom is 0.401 e. The summed E-state index contributed by atoms with van der Waals surface area (Å²) in [6.07, 6.45) is 2.07. The van der Waals surface area contributed by atoms with Crippen LogP contribution in [0.3, 0.4) is 0 Å². The van der Waals surface area contributed by atoms with E-state index in [-0.39, 0.29) is 5.06 Å². The summed E-state index contributed by atoms with van der Waals surface area (Å²) in [4.78, 5) is 0. The Morgan fingerprint density at radius 3 is 2.58 bits per heavy atom. The van der Waals surface area contributed by atoms with Gasteiger partial charge in [0.1, 0.15) is 5.75 Å². The van der Waals surface area contributed by atoms with E-state index in [1.54, 1.807) is 13.2 Å². The molecule has 1 aromatic carbocycles. The van der Waals surface area contributed by atoms with Crippen LogP contribution in [0.15, 0.2) is 24.3 Å². The third-order valence-electron chi connectivity index (χ3n) is 4.96. The summed E-state index contributed by atoms with van der Waals surface area (Å²) in [5, 5.41) is 1.18. The number of halogens is 2. The predicted molar refractivity (Wildman–Crippen MR) is 94.3 cm³/mol. The van der Waals surface area contributed by atoms with Gasteiger partial charge in [-0.25, -0.2) is 0 Å². The second kappa shape index (κ2) is 7.26. The first-order chi connectivity index (χ1) is 11.5. The molecule has 5 heteroatoms. The molecule has 0 bridgehead atoms. The normalized spacial score (nSPS) is 21.8. The Kier molecular flexibility index (Phi) is 5.28. The molecule has 0 N–H and O–H groups in total. The second-order valence-corrected chi connectivity index (χ2v) is 7.69. The molecule has 1 aliphatic rings. The molecule has 24 heavy (non-hydrogen) atoms. The predicted octanol–water partition coefficient (Wildman–Crippen LogP) is 6.49. The van der Waals surface area contributed by atoms with Gasteiger partial charge in [-0.15, -0.1) is 0 Å². The SMILES string of the molecule is CCCC1CCC(C(F)(F)Oc2cc3ccc(OC)cc3s2)CC1. The molecule has 0 unspecified atom stereocenters. The lowest BCUT2D eigenvalue weighted by atomic mass is 9.79. The molecule has 1 aliphatic carbocycles. The van der Waals surface area contributed by atoms with Gasteiger partial charge in [0, 0.05) is 4.70 Å². The van der Waals surface area contributed by atoms with Crippen LogP contribution < -0.4 is 9.47 Å². The van der Waals surface area contributed by atoms with E-state index in [4.69, 9.17) is 9.47 Å².